The van der Waals surface area contributed by atoms with Crippen molar-refractivity contribution in [1.82, 2.24) is 9.88 Å². The lowest BCUT2D eigenvalue weighted by Gasteiger charge is -2.21. The molecule has 5 nitrogen and oxygen atoms in total. The number of anilines is 1. The molecule has 28 heavy (non-hydrogen) atoms. The van der Waals surface area contributed by atoms with Crippen LogP contribution in [0.2, 0.25) is 5.02 Å². The summed E-state index contributed by atoms with van der Waals surface area (Å²) in [6, 6.07) is 15.1. The van der Waals surface area contributed by atoms with Gasteiger partial charge in [-0.25, -0.2) is 4.98 Å². The molecule has 2 aromatic carbocycles. The van der Waals surface area contributed by atoms with Gasteiger partial charge in [0.15, 0.2) is 0 Å². The number of fused-ring (bicyclic) bond motifs is 1. The number of carbonyl (C=O) groups excluding carboxylic acids is 1. The maximum absolute atomic E-state index is 13.1. The van der Waals surface area contributed by atoms with Crippen LogP contribution in [0.5, 0.6) is 5.75 Å². The van der Waals surface area contributed by atoms with E-state index in [9.17, 15) is 4.79 Å². The molecule has 2 heterocycles. The highest BCUT2D eigenvalue weighted by atomic mass is 35.5. The number of pyridine rings is 1. The van der Waals surface area contributed by atoms with E-state index in [1.807, 2.05) is 37.3 Å². The molecule has 0 radical (unpaired) electrons. The van der Waals surface area contributed by atoms with E-state index in [2.05, 4.69) is 4.98 Å². The molecule has 0 aliphatic carbocycles. The fourth-order valence-corrected chi connectivity index (χ4v) is 3.51. The number of carbonyl (C=O) groups is 1. The van der Waals surface area contributed by atoms with Gasteiger partial charge in [-0.1, -0.05) is 23.7 Å². The molecule has 6 heteroatoms. The normalized spacial score (nSPS) is 13.4. The summed E-state index contributed by atoms with van der Waals surface area (Å²) in [6.07, 6.45) is 1.74. The molecule has 0 fully saturated rings. The van der Waals surface area contributed by atoms with Crippen molar-refractivity contribution in [1.29, 1.82) is 0 Å². The predicted molar refractivity (Wildman–Crippen MR) is 111 cm³/mol. The monoisotopic (exact) mass is 393 g/mol. The minimum Gasteiger partial charge on any atom is -0.491 e. The zero-order valence-corrected chi connectivity index (χ0v) is 16.2. The van der Waals surface area contributed by atoms with Crippen LogP contribution >= 0.6 is 11.6 Å². The number of ether oxygens (including phenoxy) is 1. The zero-order valence-electron chi connectivity index (χ0n) is 15.5. The van der Waals surface area contributed by atoms with Gasteiger partial charge in [-0.15, -0.1) is 0 Å². The Morgan fingerprint density at radius 2 is 2.00 bits per heavy atom. The number of nitrogens with zero attached hydrogens (tertiary/aromatic N) is 2. The summed E-state index contributed by atoms with van der Waals surface area (Å²) in [5.74, 6) is 1.23. The van der Waals surface area contributed by atoms with Crippen LogP contribution in [-0.2, 0) is 6.54 Å². The maximum Gasteiger partial charge on any atom is 0.254 e. The minimum atomic E-state index is -0.0454. The van der Waals surface area contributed by atoms with Gasteiger partial charge >= 0.3 is 0 Å². The van der Waals surface area contributed by atoms with Crippen LogP contribution in [0.15, 0.2) is 54.7 Å². The largest absolute Gasteiger partial charge is 0.491 e. The Kier molecular flexibility index (Phi) is 4.92. The Hall–Kier alpha value is -3.05. The van der Waals surface area contributed by atoms with Crippen LogP contribution in [-0.4, -0.2) is 28.9 Å². The first-order valence-electron chi connectivity index (χ1n) is 9.05. The zero-order chi connectivity index (χ0) is 19.7. The molecule has 1 aliphatic rings. The SMILES string of the molecule is Cc1c(Cl)cccc1C(=O)N1CCOc2ccc(-c3ccc(N)nc3)cc2C1. The second-order valence-electron chi connectivity index (χ2n) is 6.78. The Bertz CT molecular complexity index is 1030. The van der Waals surface area contributed by atoms with Gasteiger partial charge in [0, 0.05) is 34.5 Å². The molecule has 0 unspecified atom stereocenters. The van der Waals surface area contributed by atoms with Gasteiger partial charge in [-0.3, -0.25) is 4.79 Å². The first-order valence-corrected chi connectivity index (χ1v) is 9.43. The summed E-state index contributed by atoms with van der Waals surface area (Å²) in [6.45, 7) is 3.29. The number of hydrogen-bond acceptors (Lipinski definition) is 4. The molecule has 1 amide bonds. The lowest BCUT2D eigenvalue weighted by Crippen LogP contribution is -2.32. The van der Waals surface area contributed by atoms with E-state index in [1.54, 1.807) is 29.3 Å². The van der Waals surface area contributed by atoms with E-state index >= 15 is 0 Å². The van der Waals surface area contributed by atoms with Crippen molar-refractivity contribution in [3.63, 3.8) is 0 Å². The fourth-order valence-electron chi connectivity index (χ4n) is 3.33. The highest BCUT2D eigenvalue weighted by molar-refractivity contribution is 6.31. The molecule has 2 N–H and O–H groups in total. The third-order valence-corrected chi connectivity index (χ3v) is 5.35. The topological polar surface area (TPSA) is 68.5 Å². The standard InChI is InChI=1S/C22H20ClN3O2/c1-14-18(3-2-4-19(14)23)22(27)26-9-10-28-20-7-5-15(11-17(20)13-26)16-6-8-21(24)25-12-16/h2-8,11-12H,9-10,13H2,1H3,(H2,24,25). The van der Waals surface area contributed by atoms with E-state index in [-0.39, 0.29) is 5.91 Å². The van der Waals surface area contributed by atoms with E-state index in [1.165, 1.54) is 0 Å². The van der Waals surface area contributed by atoms with Crippen LogP contribution in [0.4, 0.5) is 5.82 Å². The maximum atomic E-state index is 13.1. The summed E-state index contributed by atoms with van der Waals surface area (Å²) in [5.41, 5.74) is 10.0. The van der Waals surface area contributed by atoms with Crippen LogP contribution in [0.25, 0.3) is 11.1 Å². The van der Waals surface area contributed by atoms with Gasteiger partial charge in [-0.2, -0.15) is 0 Å². The molecule has 142 valence electrons. The summed E-state index contributed by atoms with van der Waals surface area (Å²) in [4.78, 5) is 19.1. The lowest BCUT2D eigenvalue weighted by atomic mass is 10.0. The molecule has 0 saturated heterocycles. The van der Waals surface area contributed by atoms with Crippen molar-refractivity contribution >= 4 is 23.3 Å². The molecule has 4 rings (SSSR count). The van der Waals surface area contributed by atoms with E-state index in [0.29, 0.717) is 36.1 Å². The van der Waals surface area contributed by atoms with Crippen molar-refractivity contribution in [2.45, 2.75) is 13.5 Å². The van der Waals surface area contributed by atoms with Gasteiger partial charge in [0.1, 0.15) is 18.2 Å². The summed E-state index contributed by atoms with van der Waals surface area (Å²) >= 11 is 6.20. The van der Waals surface area contributed by atoms with Gasteiger partial charge in [0.2, 0.25) is 0 Å². The van der Waals surface area contributed by atoms with Crippen LogP contribution in [0, 0.1) is 6.92 Å². The number of aromatic nitrogens is 1. The third-order valence-electron chi connectivity index (χ3n) is 4.95. The van der Waals surface area contributed by atoms with Crippen LogP contribution in [0.3, 0.4) is 0 Å². The van der Waals surface area contributed by atoms with Gasteiger partial charge in [0.25, 0.3) is 5.91 Å². The van der Waals surface area contributed by atoms with Gasteiger partial charge in [0.05, 0.1) is 6.54 Å². The second-order valence-corrected chi connectivity index (χ2v) is 7.19. The average Bonchev–Trinajstić information content (AvgIpc) is 2.92. The first-order chi connectivity index (χ1) is 13.5. The molecular formula is C22H20ClN3O2. The molecule has 1 aliphatic heterocycles. The molecule has 0 saturated carbocycles. The number of benzene rings is 2. The molecule has 0 atom stereocenters. The molecule has 0 spiro atoms. The Labute approximate surface area is 168 Å². The lowest BCUT2D eigenvalue weighted by molar-refractivity contribution is 0.0732. The summed E-state index contributed by atoms with van der Waals surface area (Å²) in [7, 11) is 0. The van der Waals surface area contributed by atoms with Crippen LogP contribution in [0.1, 0.15) is 21.5 Å². The van der Waals surface area contributed by atoms with Crippen molar-refractivity contribution in [3.05, 3.63) is 76.4 Å². The molecule has 1 aromatic heterocycles. The number of rotatable bonds is 2. The number of nitrogen functional groups attached to an aromatic ring is 1. The fraction of sp³-hybridized carbons (Fsp3) is 0.182. The number of amides is 1. The van der Waals surface area contributed by atoms with E-state index in [0.717, 1.165) is 28.0 Å². The highest BCUT2D eigenvalue weighted by Crippen LogP contribution is 2.30. The molecule has 0 bridgehead atoms. The molecular weight excluding hydrogens is 374 g/mol. The predicted octanol–water partition coefficient (Wildman–Crippen LogP) is 4.33. The Morgan fingerprint density at radius 3 is 2.79 bits per heavy atom. The van der Waals surface area contributed by atoms with E-state index < -0.39 is 0 Å². The Morgan fingerprint density at radius 1 is 1.18 bits per heavy atom. The van der Waals surface area contributed by atoms with Crippen molar-refractivity contribution in [2.75, 3.05) is 18.9 Å². The smallest absolute Gasteiger partial charge is 0.254 e. The quantitative estimate of drug-likeness (QED) is 0.703. The second kappa shape index (κ2) is 7.52. The number of nitrogens with two attached hydrogens (primary N) is 1. The number of halogens is 1. The average molecular weight is 394 g/mol. The summed E-state index contributed by atoms with van der Waals surface area (Å²) in [5, 5.41) is 0.593. The minimum absolute atomic E-state index is 0.0454. The van der Waals surface area contributed by atoms with Crippen molar-refractivity contribution < 1.29 is 9.53 Å². The van der Waals surface area contributed by atoms with Gasteiger partial charge < -0.3 is 15.4 Å². The molecule has 3 aromatic rings. The Balaban J connectivity index is 1.65. The first kappa shape index (κ1) is 18.3. The van der Waals surface area contributed by atoms with Gasteiger partial charge in [-0.05, 0) is 54.4 Å². The summed E-state index contributed by atoms with van der Waals surface area (Å²) < 4.78 is 5.87. The third kappa shape index (κ3) is 3.53. The van der Waals surface area contributed by atoms with Crippen molar-refractivity contribution in [2.24, 2.45) is 0 Å². The number of hydrogen-bond donors (Lipinski definition) is 1. The van der Waals surface area contributed by atoms with Crippen molar-refractivity contribution in [3.8, 4) is 16.9 Å². The highest BCUT2D eigenvalue weighted by Gasteiger charge is 2.23. The van der Waals surface area contributed by atoms with Crippen LogP contribution < -0.4 is 10.5 Å². The van der Waals surface area contributed by atoms with E-state index in [4.69, 9.17) is 22.1 Å².